The van der Waals surface area contributed by atoms with E-state index < -0.39 is 15.8 Å². The Morgan fingerprint density at radius 2 is 1.81 bits per heavy atom. The molecule has 2 aromatic rings. The number of halogens is 2. The van der Waals surface area contributed by atoms with Crippen molar-refractivity contribution in [2.75, 3.05) is 5.75 Å². The fourth-order valence-electron chi connectivity index (χ4n) is 1.84. The molecule has 0 spiro atoms. The van der Waals surface area contributed by atoms with Crippen molar-refractivity contribution < 1.29 is 12.8 Å². The molecule has 21 heavy (non-hydrogen) atoms. The first kappa shape index (κ1) is 15.9. The van der Waals surface area contributed by atoms with Crippen molar-refractivity contribution in [3.8, 4) is 0 Å². The fourth-order valence-corrected chi connectivity index (χ4v) is 3.05. The van der Waals surface area contributed by atoms with Gasteiger partial charge in [-0.25, -0.2) is 17.5 Å². The molecule has 0 radical (unpaired) electrons. The second-order valence-electron chi connectivity index (χ2n) is 4.61. The lowest BCUT2D eigenvalue weighted by Gasteiger charge is -2.08. The number of aryl methyl sites for hydroxylation is 1. The minimum Gasteiger partial charge on any atom is -0.212 e. The van der Waals surface area contributed by atoms with Crippen molar-refractivity contribution in [1.82, 2.24) is 4.72 Å². The standard InChI is InChI=1S/C15H15ClFNO2S/c16-14-6-7-15(17)13(10-14)11-18-21(19,20)9-8-12-4-2-1-3-5-12/h1-7,10,18H,8-9,11H2. The molecule has 6 heteroatoms. The Bertz CT molecular complexity index is 705. The number of rotatable bonds is 6. The van der Waals surface area contributed by atoms with Crippen LogP contribution in [0.25, 0.3) is 0 Å². The van der Waals surface area contributed by atoms with Gasteiger partial charge in [-0.3, -0.25) is 0 Å². The van der Waals surface area contributed by atoms with Gasteiger partial charge < -0.3 is 0 Å². The largest absolute Gasteiger partial charge is 0.212 e. The first-order valence-corrected chi connectivity index (χ1v) is 8.44. The maximum Gasteiger partial charge on any atom is 0.212 e. The van der Waals surface area contributed by atoms with Gasteiger partial charge in [-0.2, -0.15) is 0 Å². The normalized spacial score (nSPS) is 11.5. The highest BCUT2D eigenvalue weighted by Gasteiger charge is 2.12. The van der Waals surface area contributed by atoms with Crippen LogP contribution in [0.1, 0.15) is 11.1 Å². The van der Waals surface area contributed by atoms with E-state index >= 15 is 0 Å². The molecule has 2 rings (SSSR count). The van der Waals surface area contributed by atoms with E-state index in [1.807, 2.05) is 30.3 Å². The van der Waals surface area contributed by atoms with E-state index in [0.717, 1.165) is 5.56 Å². The van der Waals surface area contributed by atoms with Crippen LogP contribution in [0.15, 0.2) is 48.5 Å². The Balaban J connectivity index is 1.93. The molecule has 2 aromatic carbocycles. The van der Waals surface area contributed by atoms with Crippen LogP contribution in [0, 0.1) is 5.82 Å². The number of benzene rings is 2. The van der Waals surface area contributed by atoms with E-state index in [4.69, 9.17) is 11.6 Å². The minimum absolute atomic E-state index is 0.0425. The lowest BCUT2D eigenvalue weighted by Crippen LogP contribution is -2.27. The maximum absolute atomic E-state index is 13.5. The SMILES string of the molecule is O=S(=O)(CCc1ccccc1)NCc1cc(Cl)ccc1F. The van der Waals surface area contributed by atoms with Crippen molar-refractivity contribution in [3.05, 3.63) is 70.5 Å². The molecule has 0 heterocycles. The molecule has 0 fully saturated rings. The highest BCUT2D eigenvalue weighted by Crippen LogP contribution is 2.15. The predicted octanol–water partition coefficient (Wildman–Crippen LogP) is 3.14. The van der Waals surface area contributed by atoms with E-state index in [0.29, 0.717) is 11.4 Å². The van der Waals surface area contributed by atoms with Gasteiger partial charge in [-0.05, 0) is 30.2 Å². The van der Waals surface area contributed by atoms with Gasteiger partial charge in [-0.15, -0.1) is 0 Å². The van der Waals surface area contributed by atoms with Gasteiger partial charge in [0.25, 0.3) is 0 Å². The fraction of sp³-hybridized carbons (Fsp3) is 0.200. The summed E-state index contributed by atoms with van der Waals surface area (Å²) in [5.74, 6) is -0.524. The van der Waals surface area contributed by atoms with Gasteiger partial charge in [0.1, 0.15) is 5.82 Å². The molecule has 0 saturated heterocycles. The van der Waals surface area contributed by atoms with E-state index in [-0.39, 0.29) is 17.9 Å². The predicted molar refractivity (Wildman–Crippen MR) is 82.2 cm³/mol. The second-order valence-corrected chi connectivity index (χ2v) is 6.97. The van der Waals surface area contributed by atoms with Crippen LogP contribution in [0.4, 0.5) is 4.39 Å². The van der Waals surface area contributed by atoms with Gasteiger partial charge in [0.05, 0.1) is 5.75 Å². The van der Waals surface area contributed by atoms with E-state index in [1.165, 1.54) is 18.2 Å². The topological polar surface area (TPSA) is 46.2 Å². The van der Waals surface area contributed by atoms with Crippen LogP contribution >= 0.6 is 11.6 Å². The number of hydrogen-bond acceptors (Lipinski definition) is 2. The molecule has 1 N–H and O–H groups in total. The van der Waals surface area contributed by atoms with Crippen molar-refractivity contribution in [2.24, 2.45) is 0 Å². The minimum atomic E-state index is -3.47. The summed E-state index contributed by atoms with van der Waals surface area (Å²) >= 11 is 5.76. The molecule has 0 unspecified atom stereocenters. The van der Waals surface area contributed by atoms with Crippen molar-refractivity contribution in [3.63, 3.8) is 0 Å². The molecule has 0 saturated carbocycles. The van der Waals surface area contributed by atoms with Crippen molar-refractivity contribution in [2.45, 2.75) is 13.0 Å². The zero-order valence-corrected chi connectivity index (χ0v) is 12.8. The summed E-state index contributed by atoms with van der Waals surface area (Å²) in [6.07, 6.45) is 0.411. The molecule has 0 aliphatic heterocycles. The van der Waals surface area contributed by atoms with Crippen LogP contribution in [0.3, 0.4) is 0 Å². The summed E-state index contributed by atoms with van der Waals surface area (Å²) in [5.41, 5.74) is 1.17. The molecule has 3 nitrogen and oxygen atoms in total. The van der Waals surface area contributed by atoms with Gasteiger partial charge >= 0.3 is 0 Å². The van der Waals surface area contributed by atoms with Crippen LogP contribution in [0.2, 0.25) is 5.02 Å². The molecule has 0 amide bonds. The second kappa shape index (κ2) is 7.02. The van der Waals surface area contributed by atoms with Crippen LogP contribution in [-0.4, -0.2) is 14.2 Å². The van der Waals surface area contributed by atoms with Crippen molar-refractivity contribution in [1.29, 1.82) is 0 Å². The summed E-state index contributed by atoms with van der Waals surface area (Å²) in [5, 5.41) is 0.370. The molecule has 112 valence electrons. The third kappa shape index (κ3) is 5.12. The zero-order valence-electron chi connectivity index (χ0n) is 11.2. The molecule has 0 aliphatic carbocycles. The van der Waals surface area contributed by atoms with Crippen molar-refractivity contribution >= 4 is 21.6 Å². The molecule has 0 aliphatic rings. The zero-order chi connectivity index (χ0) is 15.3. The third-order valence-corrected chi connectivity index (χ3v) is 4.55. The maximum atomic E-state index is 13.5. The van der Waals surface area contributed by atoms with Gasteiger partial charge in [0.2, 0.25) is 10.0 Å². The highest BCUT2D eigenvalue weighted by atomic mass is 35.5. The Hall–Kier alpha value is -1.43. The van der Waals surface area contributed by atoms with E-state index in [1.54, 1.807) is 0 Å². The summed E-state index contributed by atoms with van der Waals surface area (Å²) in [6.45, 7) is -0.108. The molecular formula is C15H15ClFNO2S. The average Bonchev–Trinajstić information content (AvgIpc) is 2.47. The number of sulfonamides is 1. The highest BCUT2D eigenvalue weighted by molar-refractivity contribution is 7.89. The molecule has 0 aromatic heterocycles. The molecular weight excluding hydrogens is 313 g/mol. The van der Waals surface area contributed by atoms with Gasteiger partial charge in [-0.1, -0.05) is 41.9 Å². The van der Waals surface area contributed by atoms with E-state index in [2.05, 4.69) is 4.72 Å². The summed E-state index contributed by atoms with van der Waals surface area (Å²) in [4.78, 5) is 0. The molecule has 0 atom stereocenters. The Kier molecular flexibility index (Phi) is 5.33. The lowest BCUT2D eigenvalue weighted by molar-refractivity contribution is 0.573. The van der Waals surface area contributed by atoms with Crippen LogP contribution < -0.4 is 4.72 Å². The first-order chi connectivity index (χ1) is 9.96. The third-order valence-electron chi connectivity index (χ3n) is 2.99. The number of nitrogens with one attached hydrogen (secondary N) is 1. The number of hydrogen-bond donors (Lipinski definition) is 1. The van der Waals surface area contributed by atoms with E-state index in [9.17, 15) is 12.8 Å². The van der Waals surface area contributed by atoms with Crippen LogP contribution in [0.5, 0.6) is 0 Å². The van der Waals surface area contributed by atoms with Gasteiger partial charge in [0, 0.05) is 17.1 Å². The summed E-state index contributed by atoms with van der Waals surface area (Å²) < 4.78 is 39.7. The average molecular weight is 328 g/mol. The van der Waals surface area contributed by atoms with Crippen LogP contribution in [-0.2, 0) is 23.0 Å². The Morgan fingerprint density at radius 1 is 1.10 bits per heavy atom. The lowest BCUT2D eigenvalue weighted by atomic mass is 10.2. The smallest absolute Gasteiger partial charge is 0.212 e. The summed E-state index contributed by atoms with van der Waals surface area (Å²) in [6, 6.07) is 13.4. The molecule has 0 bridgehead atoms. The Morgan fingerprint density at radius 3 is 2.52 bits per heavy atom. The quantitative estimate of drug-likeness (QED) is 0.886. The summed E-state index contributed by atoms with van der Waals surface area (Å²) in [7, 11) is -3.47. The van der Waals surface area contributed by atoms with Gasteiger partial charge in [0.15, 0.2) is 0 Å². The Labute approximate surface area is 128 Å². The first-order valence-electron chi connectivity index (χ1n) is 6.41. The monoisotopic (exact) mass is 327 g/mol.